The highest BCUT2D eigenvalue weighted by atomic mass is 35.5. The van der Waals surface area contributed by atoms with E-state index < -0.39 is 17.6 Å². The normalized spacial score (nSPS) is 11.7. The van der Waals surface area contributed by atoms with Gasteiger partial charge in [-0.15, -0.1) is 0 Å². The quantitative estimate of drug-likeness (QED) is 0.205. The van der Waals surface area contributed by atoms with Gasteiger partial charge in [0.25, 0.3) is 0 Å². The maximum atomic E-state index is 14.1. The SMILES string of the molecule is NC(=O)c1ccc(Cn2cc(-c3ccc(Cl)cc3Cl)nc2/C=C/c2ccc(-c3ccccc3)cc2C(F)(F)F)cc1. The van der Waals surface area contributed by atoms with Crippen LogP contribution in [0, 0.1) is 0 Å². The molecule has 0 spiro atoms. The van der Waals surface area contributed by atoms with E-state index in [4.69, 9.17) is 28.9 Å². The number of nitrogens with two attached hydrogens (primary N) is 1. The average Bonchev–Trinajstić information content (AvgIpc) is 3.34. The number of carbonyl (C=O) groups excluding carboxylic acids is 1. The monoisotopic (exact) mass is 591 g/mol. The molecular weight excluding hydrogens is 570 g/mol. The molecule has 0 fully saturated rings. The van der Waals surface area contributed by atoms with Crippen molar-refractivity contribution >= 4 is 41.3 Å². The molecule has 0 saturated carbocycles. The minimum atomic E-state index is -4.57. The Morgan fingerprint density at radius 1 is 0.878 bits per heavy atom. The molecule has 5 rings (SSSR count). The number of hydrogen-bond acceptors (Lipinski definition) is 2. The predicted octanol–water partition coefficient (Wildman–Crippen LogP) is 8.86. The fourth-order valence-corrected chi connectivity index (χ4v) is 4.91. The second-order valence-electron chi connectivity index (χ2n) is 9.30. The summed E-state index contributed by atoms with van der Waals surface area (Å²) in [6.45, 7) is 0.329. The van der Waals surface area contributed by atoms with Crippen molar-refractivity contribution in [3.05, 3.63) is 135 Å². The van der Waals surface area contributed by atoms with Gasteiger partial charge in [-0.05, 0) is 64.7 Å². The van der Waals surface area contributed by atoms with Gasteiger partial charge in [0.05, 0.1) is 16.3 Å². The molecule has 41 heavy (non-hydrogen) atoms. The summed E-state index contributed by atoms with van der Waals surface area (Å²) in [5, 5.41) is 0.853. The van der Waals surface area contributed by atoms with E-state index in [0.29, 0.717) is 50.4 Å². The Bertz CT molecular complexity index is 1750. The highest BCUT2D eigenvalue weighted by Gasteiger charge is 2.33. The number of imidazole rings is 1. The molecule has 0 atom stereocenters. The van der Waals surface area contributed by atoms with Crippen molar-refractivity contribution in [3.63, 3.8) is 0 Å². The molecule has 0 aliphatic rings. The van der Waals surface area contributed by atoms with Gasteiger partial charge in [-0.3, -0.25) is 4.79 Å². The van der Waals surface area contributed by atoms with E-state index >= 15 is 0 Å². The first kappa shape index (κ1) is 28.2. The Morgan fingerprint density at radius 2 is 1.61 bits per heavy atom. The summed E-state index contributed by atoms with van der Waals surface area (Å²) in [5.41, 5.74) is 8.10. The summed E-state index contributed by atoms with van der Waals surface area (Å²) in [7, 11) is 0. The minimum absolute atomic E-state index is 0.00335. The smallest absolute Gasteiger partial charge is 0.366 e. The number of benzene rings is 4. The van der Waals surface area contributed by atoms with Crippen LogP contribution in [0.5, 0.6) is 0 Å². The molecule has 0 radical (unpaired) electrons. The lowest BCUT2D eigenvalue weighted by atomic mass is 9.98. The molecule has 4 aromatic carbocycles. The zero-order chi connectivity index (χ0) is 29.1. The fraction of sp³-hybridized carbons (Fsp3) is 0.0625. The van der Waals surface area contributed by atoms with Crippen molar-refractivity contribution in [3.8, 4) is 22.4 Å². The molecule has 0 aliphatic carbocycles. The van der Waals surface area contributed by atoms with E-state index in [1.807, 2.05) is 6.07 Å². The van der Waals surface area contributed by atoms with Crippen molar-refractivity contribution in [2.24, 2.45) is 5.73 Å². The van der Waals surface area contributed by atoms with Gasteiger partial charge < -0.3 is 10.3 Å². The number of alkyl halides is 3. The molecule has 5 aromatic rings. The number of carbonyl (C=O) groups is 1. The maximum absolute atomic E-state index is 14.1. The first-order valence-corrected chi connectivity index (χ1v) is 13.2. The third-order valence-corrected chi connectivity index (χ3v) is 7.03. The highest BCUT2D eigenvalue weighted by molar-refractivity contribution is 6.36. The number of hydrogen-bond donors (Lipinski definition) is 1. The standard InChI is InChI=1S/C32H22Cl2F3N3O/c33-25-13-14-26(28(34)17-25)29-19-40(18-20-6-8-23(9-7-20)31(38)41)30(39-29)15-12-22-10-11-24(16-27(22)32(35,36)37)21-4-2-1-3-5-21/h1-17,19H,18H2,(H2,38,41)/b15-12+. The molecule has 1 aromatic heterocycles. The first-order chi connectivity index (χ1) is 19.6. The molecule has 0 unspecified atom stereocenters. The second kappa shape index (κ2) is 11.6. The van der Waals surface area contributed by atoms with Gasteiger partial charge >= 0.3 is 6.18 Å². The van der Waals surface area contributed by atoms with Crippen molar-refractivity contribution < 1.29 is 18.0 Å². The molecule has 1 amide bonds. The number of primary amides is 1. The van der Waals surface area contributed by atoms with E-state index in [2.05, 4.69) is 4.98 Å². The number of rotatable bonds is 7. The molecule has 0 bridgehead atoms. The topological polar surface area (TPSA) is 60.9 Å². The number of halogens is 5. The zero-order valence-corrected chi connectivity index (χ0v) is 22.9. The lowest BCUT2D eigenvalue weighted by Gasteiger charge is -2.13. The van der Waals surface area contributed by atoms with Crippen LogP contribution in [0.4, 0.5) is 13.2 Å². The van der Waals surface area contributed by atoms with Gasteiger partial charge in [-0.2, -0.15) is 13.2 Å². The molecule has 1 heterocycles. The van der Waals surface area contributed by atoms with Crippen LogP contribution in [-0.2, 0) is 12.7 Å². The van der Waals surface area contributed by atoms with Gasteiger partial charge in [0, 0.05) is 28.9 Å². The molecule has 0 aliphatic heterocycles. The third-order valence-electron chi connectivity index (χ3n) is 6.48. The summed E-state index contributed by atoms with van der Waals surface area (Å²) in [5.74, 6) is -0.133. The Kier molecular flexibility index (Phi) is 8.01. The molecule has 4 nitrogen and oxygen atoms in total. The van der Waals surface area contributed by atoms with Crippen LogP contribution in [0.3, 0.4) is 0 Å². The van der Waals surface area contributed by atoms with E-state index in [1.54, 1.807) is 83.6 Å². The highest BCUT2D eigenvalue weighted by Crippen LogP contribution is 2.36. The van der Waals surface area contributed by atoms with Crippen LogP contribution in [0.15, 0.2) is 97.2 Å². The zero-order valence-electron chi connectivity index (χ0n) is 21.4. The van der Waals surface area contributed by atoms with Gasteiger partial charge in [-0.1, -0.05) is 83.9 Å². The predicted molar refractivity (Wildman–Crippen MR) is 158 cm³/mol. The van der Waals surface area contributed by atoms with E-state index in [9.17, 15) is 18.0 Å². The van der Waals surface area contributed by atoms with Crippen molar-refractivity contribution in [2.75, 3.05) is 0 Å². The van der Waals surface area contributed by atoms with Crippen molar-refractivity contribution in [2.45, 2.75) is 12.7 Å². The van der Waals surface area contributed by atoms with E-state index in [0.717, 1.165) is 11.6 Å². The Labute approximate surface area is 244 Å². The van der Waals surface area contributed by atoms with Crippen LogP contribution < -0.4 is 5.73 Å². The van der Waals surface area contributed by atoms with Crippen LogP contribution in [0.1, 0.15) is 32.9 Å². The Balaban J connectivity index is 1.55. The van der Waals surface area contributed by atoms with Crippen LogP contribution >= 0.6 is 23.2 Å². The third kappa shape index (κ3) is 6.53. The van der Waals surface area contributed by atoms with E-state index in [-0.39, 0.29) is 5.56 Å². The molecule has 0 saturated heterocycles. The van der Waals surface area contributed by atoms with Gasteiger partial charge in [0.2, 0.25) is 5.91 Å². The fourth-order valence-electron chi connectivity index (χ4n) is 4.41. The molecular formula is C32H22Cl2F3N3O. The minimum Gasteiger partial charge on any atom is -0.366 e. The molecule has 9 heteroatoms. The first-order valence-electron chi connectivity index (χ1n) is 12.4. The summed E-state index contributed by atoms with van der Waals surface area (Å²) in [6.07, 6.45) is 0.141. The van der Waals surface area contributed by atoms with Crippen LogP contribution in [0.25, 0.3) is 34.5 Å². The van der Waals surface area contributed by atoms with Gasteiger partial charge in [0.15, 0.2) is 0 Å². The second-order valence-corrected chi connectivity index (χ2v) is 10.1. The summed E-state index contributed by atoms with van der Waals surface area (Å²) >= 11 is 12.5. The average molecular weight is 592 g/mol. The summed E-state index contributed by atoms with van der Waals surface area (Å²) in [4.78, 5) is 16.1. The largest absolute Gasteiger partial charge is 0.417 e. The Hall–Kier alpha value is -4.33. The number of amides is 1. The lowest BCUT2D eigenvalue weighted by molar-refractivity contribution is -0.137. The Morgan fingerprint density at radius 3 is 2.27 bits per heavy atom. The molecule has 206 valence electrons. The van der Waals surface area contributed by atoms with Crippen LogP contribution in [0.2, 0.25) is 10.0 Å². The maximum Gasteiger partial charge on any atom is 0.417 e. The van der Waals surface area contributed by atoms with E-state index in [1.165, 1.54) is 18.2 Å². The van der Waals surface area contributed by atoms with Gasteiger partial charge in [0.1, 0.15) is 5.82 Å². The number of aromatic nitrogens is 2. The molecule has 2 N–H and O–H groups in total. The van der Waals surface area contributed by atoms with Crippen LogP contribution in [-0.4, -0.2) is 15.5 Å². The summed E-state index contributed by atoms with van der Waals surface area (Å²) in [6, 6.07) is 24.9. The van der Waals surface area contributed by atoms with Gasteiger partial charge in [-0.25, -0.2) is 4.98 Å². The lowest BCUT2D eigenvalue weighted by Crippen LogP contribution is -2.10. The van der Waals surface area contributed by atoms with Crippen molar-refractivity contribution in [1.29, 1.82) is 0 Å². The number of nitrogens with zero attached hydrogens (tertiary/aromatic N) is 2. The summed E-state index contributed by atoms with van der Waals surface area (Å²) < 4.78 is 44.1. The van der Waals surface area contributed by atoms with Crippen molar-refractivity contribution in [1.82, 2.24) is 9.55 Å².